The monoisotopic (exact) mass is 352 g/mol. The van der Waals surface area contributed by atoms with Gasteiger partial charge in [-0.3, -0.25) is 9.59 Å². The van der Waals surface area contributed by atoms with E-state index >= 15 is 0 Å². The molecule has 0 aliphatic rings. The zero-order valence-electron chi connectivity index (χ0n) is 16.4. The topological polar surface area (TPSA) is 58.2 Å². The van der Waals surface area contributed by atoms with Gasteiger partial charge >= 0.3 is 0 Å². The molecule has 4 nitrogen and oxygen atoms in total. The molecule has 2 aromatic rings. The van der Waals surface area contributed by atoms with E-state index in [4.69, 9.17) is 0 Å². The van der Waals surface area contributed by atoms with Crippen LogP contribution in [0.4, 0.5) is 11.4 Å². The van der Waals surface area contributed by atoms with Crippen molar-refractivity contribution in [2.75, 3.05) is 10.6 Å². The fraction of sp³-hybridized carbons (Fsp3) is 0.364. The lowest BCUT2D eigenvalue weighted by Crippen LogP contribution is -2.42. The third-order valence-electron chi connectivity index (χ3n) is 4.51. The van der Waals surface area contributed by atoms with E-state index < -0.39 is 5.41 Å². The van der Waals surface area contributed by atoms with Gasteiger partial charge in [0.25, 0.3) is 0 Å². The lowest BCUT2D eigenvalue weighted by molar-refractivity contribution is -0.135. The molecule has 0 spiro atoms. The van der Waals surface area contributed by atoms with Crippen LogP contribution < -0.4 is 10.6 Å². The van der Waals surface area contributed by atoms with Crippen LogP contribution in [0.15, 0.2) is 48.5 Å². The largest absolute Gasteiger partial charge is 0.325 e. The second-order valence-electron chi connectivity index (χ2n) is 8.14. The smallest absolute Gasteiger partial charge is 0.239 e. The summed E-state index contributed by atoms with van der Waals surface area (Å²) < 4.78 is 0. The first-order valence-corrected chi connectivity index (χ1v) is 8.81. The molecule has 0 heterocycles. The zero-order valence-corrected chi connectivity index (χ0v) is 16.4. The molecular weight excluding hydrogens is 324 g/mol. The van der Waals surface area contributed by atoms with E-state index in [0.29, 0.717) is 5.69 Å². The summed E-state index contributed by atoms with van der Waals surface area (Å²) >= 11 is 0. The highest BCUT2D eigenvalue weighted by atomic mass is 16.2. The Balaban J connectivity index is 2.21. The molecule has 0 aliphatic carbocycles. The van der Waals surface area contributed by atoms with E-state index in [2.05, 4.69) is 31.4 Å². The average Bonchev–Trinajstić information content (AvgIpc) is 2.56. The molecule has 0 fully saturated rings. The second kappa shape index (κ2) is 7.32. The average molecular weight is 352 g/mol. The fourth-order valence-electron chi connectivity index (χ4n) is 2.62. The van der Waals surface area contributed by atoms with Crippen molar-refractivity contribution >= 4 is 23.2 Å². The lowest BCUT2D eigenvalue weighted by Gasteiger charge is -2.27. The Morgan fingerprint density at radius 2 is 1.19 bits per heavy atom. The van der Waals surface area contributed by atoms with Crippen LogP contribution in [0.5, 0.6) is 0 Å². The second-order valence-corrected chi connectivity index (χ2v) is 8.14. The van der Waals surface area contributed by atoms with Crippen LogP contribution in [0.25, 0.3) is 0 Å². The Morgan fingerprint density at radius 3 is 1.73 bits per heavy atom. The summed E-state index contributed by atoms with van der Waals surface area (Å²) in [6.07, 6.45) is 0. The van der Waals surface area contributed by atoms with E-state index in [1.807, 2.05) is 55.5 Å². The number of benzene rings is 2. The van der Waals surface area contributed by atoms with Crippen LogP contribution in [0.1, 0.15) is 45.7 Å². The van der Waals surface area contributed by atoms with Crippen molar-refractivity contribution in [3.8, 4) is 0 Å². The molecule has 4 heteroatoms. The predicted octanol–water partition coefficient (Wildman–Crippen LogP) is 4.90. The van der Waals surface area contributed by atoms with Gasteiger partial charge in [0.05, 0.1) is 0 Å². The molecule has 0 bridgehead atoms. The van der Waals surface area contributed by atoms with Gasteiger partial charge in [-0.25, -0.2) is 0 Å². The number of anilines is 2. The first-order valence-electron chi connectivity index (χ1n) is 8.81. The van der Waals surface area contributed by atoms with Crippen LogP contribution in [-0.2, 0) is 15.0 Å². The van der Waals surface area contributed by atoms with E-state index in [1.165, 1.54) is 0 Å². The predicted molar refractivity (Wildman–Crippen MR) is 107 cm³/mol. The minimum absolute atomic E-state index is 0.114. The summed E-state index contributed by atoms with van der Waals surface area (Å²) in [6, 6.07) is 15.2. The number of nitrogens with one attached hydrogen (secondary N) is 2. The molecule has 0 unspecified atom stereocenters. The quantitative estimate of drug-likeness (QED) is 0.769. The fourth-order valence-corrected chi connectivity index (χ4v) is 2.62. The Morgan fingerprint density at radius 1 is 0.731 bits per heavy atom. The van der Waals surface area contributed by atoms with Gasteiger partial charge in [-0.15, -0.1) is 0 Å². The van der Waals surface area contributed by atoms with Crippen molar-refractivity contribution in [2.24, 2.45) is 5.41 Å². The maximum absolute atomic E-state index is 12.9. The number of rotatable bonds is 4. The van der Waals surface area contributed by atoms with E-state index in [9.17, 15) is 9.59 Å². The van der Waals surface area contributed by atoms with E-state index in [1.54, 1.807) is 13.8 Å². The number of carbonyl (C=O) groups is 2. The Hall–Kier alpha value is -2.62. The number of carbonyl (C=O) groups excluding carboxylic acids is 2. The van der Waals surface area contributed by atoms with Crippen molar-refractivity contribution < 1.29 is 9.59 Å². The highest BCUT2D eigenvalue weighted by Crippen LogP contribution is 2.31. The Labute approximate surface area is 156 Å². The minimum atomic E-state index is -1.22. The van der Waals surface area contributed by atoms with Gasteiger partial charge in [0.2, 0.25) is 11.8 Å². The molecule has 26 heavy (non-hydrogen) atoms. The summed E-state index contributed by atoms with van der Waals surface area (Å²) in [5, 5.41) is 5.80. The third kappa shape index (κ3) is 4.31. The van der Waals surface area contributed by atoms with Crippen LogP contribution in [0.2, 0.25) is 0 Å². The maximum atomic E-state index is 12.9. The van der Waals surface area contributed by atoms with Gasteiger partial charge in [0, 0.05) is 11.4 Å². The SMILES string of the molecule is Cc1ccccc1NC(=O)C(C)(C)C(=O)Nc1ccccc1C(C)(C)C. The molecule has 2 N–H and O–H groups in total. The van der Waals surface area contributed by atoms with Crippen LogP contribution in [0, 0.1) is 12.3 Å². The summed E-state index contributed by atoms with van der Waals surface area (Å²) in [7, 11) is 0. The lowest BCUT2D eigenvalue weighted by atomic mass is 9.85. The molecule has 2 aromatic carbocycles. The number of amides is 2. The molecule has 2 rings (SSSR count). The van der Waals surface area contributed by atoms with Gasteiger partial charge in [-0.2, -0.15) is 0 Å². The van der Waals surface area contributed by atoms with Crippen molar-refractivity contribution in [3.63, 3.8) is 0 Å². The molecule has 0 saturated heterocycles. The van der Waals surface area contributed by atoms with Gasteiger partial charge in [-0.1, -0.05) is 57.2 Å². The van der Waals surface area contributed by atoms with Crippen molar-refractivity contribution in [2.45, 2.75) is 47.0 Å². The van der Waals surface area contributed by atoms with Crippen LogP contribution >= 0.6 is 0 Å². The molecule has 0 aliphatic heterocycles. The van der Waals surface area contributed by atoms with Gasteiger partial charge in [-0.05, 0) is 49.4 Å². The van der Waals surface area contributed by atoms with E-state index in [0.717, 1.165) is 16.8 Å². The van der Waals surface area contributed by atoms with E-state index in [-0.39, 0.29) is 17.2 Å². The van der Waals surface area contributed by atoms with Crippen LogP contribution in [0.3, 0.4) is 0 Å². The zero-order chi connectivity index (χ0) is 19.5. The first-order chi connectivity index (χ1) is 12.0. The molecule has 0 radical (unpaired) electrons. The van der Waals surface area contributed by atoms with Gasteiger partial charge in [0.15, 0.2) is 0 Å². The van der Waals surface area contributed by atoms with Crippen molar-refractivity contribution in [1.82, 2.24) is 0 Å². The minimum Gasteiger partial charge on any atom is -0.325 e. The van der Waals surface area contributed by atoms with Crippen molar-refractivity contribution in [3.05, 3.63) is 59.7 Å². The maximum Gasteiger partial charge on any atom is 0.239 e. The molecule has 138 valence electrons. The molecule has 0 saturated carbocycles. The summed E-state index contributed by atoms with van der Waals surface area (Å²) in [5.74, 6) is -0.669. The molecular formula is C22H28N2O2. The number of para-hydroxylation sites is 2. The van der Waals surface area contributed by atoms with Gasteiger partial charge < -0.3 is 10.6 Å². The Kier molecular flexibility index (Phi) is 5.55. The summed E-state index contributed by atoms with van der Waals surface area (Å²) in [5.41, 5.74) is 2.11. The number of hydrogen-bond donors (Lipinski definition) is 2. The van der Waals surface area contributed by atoms with Crippen LogP contribution in [-0.4, -0.2) is 11.8 Å². The summed E-state index contributed by atoms with van der Waals surface area (Å²) in [6.45, 7) is 11.5. The van der Waals surface area contributed by atoms with Gasteiger partial charge in [0.1, 0.15) is 5.41 Å². The Bertz CT molecular complexity index is 817. The summed E-state index contributed by atoms with van der Waals surface area (Å²) in [4.78, 5) is 25.6. The highest BCUT2D eigenvalue weighted by molar-refractivity contribution is 6.14. The highest BCUT2D eigenvalue weighted by Gasteiger charge is 2.37. The molecule has 0 aromatic heterocycles. The van der Waals surface area contributed by atoms with Crippen molar-refractivity contribution in [1.29, 1.82) is 0 Å². The normalized spacial score (nSPS) is 11.8. The number of aryl methyl sites for hydroxylation is 1. The standard InChI is InChI=1S/C22H28N2O2/c1-15-11-7-9-13-17(15)23-19(25)22(5,6)20(26)24-18-14-10-8-12-16(18)21(2,3)4/h7-14H,1-6H3,(H,23,25)(H,24,26). The molecule has 2 amide bonds. The third-order valence-corrected chi connectivity index (χ3v) is 4.51. The molecule has 0 atom stereocenters. The first kappa shape index (κ1) is 19.7. The number of hydrogen-bond acceptors (Lipinski definition) is 2.